The van der Waals surface area contributed by atoms with Crippen molar-refractivity contribution in [2.75, 3.05) is 13.2 Å². The Hall–Kier alpha value is -1.56. The van der Waals surface area contributed by atoms with E-state index in [1.165, 1.54) is 6.42 Å². The van der Waals surface area contributed by atoms with E-state index < -0.39 is 17.7 Å². The van der Waals surface area contributed by atoms with E-state index in [2.05, 4.69) is 0 Å². The van der Waals surface area contributed by atoms with Gasteiger partial charge >= 0.3 is 17.7 Å². The fraction of sp³-hybridized carbons (Fsp3) is 0.765. The highest BCUT2D eigenvalue weighted by atomic mass is 16.7. The van der Waals surface area contributed by atoms with E-state index in [1.54, 1.807) is 19.9 Å². The van der Waals surface area contributed by atoms with E-state index in [0.29, 0.717) is 5.92 Å². The summed E-state index contributed by atoms with van der Waals surface area (Å²) in [4.78, 5) is 24.1. The van der Waals surface area contributed by atoms with Gasteiger partial charge < -0.3 is 19.3 Å². The second kappa shape index (κ2) is 7.81. The van der Waals surface area contributed by atoms with Crippen LogP contribution in [0.5, 0.6) is 0 Å². The molecule has 2 aliphatic rings. The van der Waals surface area contributed by atoms with Crippen LogP contribution in [0.2, 0.25) is 0 Å². The Balaban J connectivity index is 2.23. The molecule has 6 nitrogen and oxygen atoms in total. The van der Waals surface area contributed by atoms with Gasteiger partial charge in [0.25, 0.3) is 0 Å². The van der Waals surface area contributed by atoms with Crippen LogP contribution in [-0.2, 0) is 23.8 Å². The molecule has 1 heterocycles. The average molecular weight is 326 g/mol. The third kappa shape index (κ3) is 4.25. The minimum atomic E-state index is -2.12. The van der Waals surface area contributed by atoms with Crippen molar-refractivity contribution in [2.45, 2.75) is 58.2 Å². The van der Waals surface area contributed by atoms with Crippen molar-refractivity contribution in [1.82, 2.24) is 0 Å². The summed E-state index contributed by atoms with van der Waals surface area (Å²) in [5.74, 6) is -3.49. The molecule has 1 aliphatic carbocycles. The molecule has 0 aromatic rings. The van der Waals surface area contributed by atoms with Crippen LogP contribution in [0.4, 0.5) is 0 Å². The maximum absolute atomic E-state index is 12.1. The normalized spacial score (nSPS) is 28.5. The number of ether oxygens (including phenoxy) is 3. The summed E-state index contributed by atoms with van der Waals surface area (Å²) < 4.78 is 15.2. The molecule has 6 heteroatoms. The Bertz CT molecular complexity index is 466. The third-order valence-corrected chi connectivity index (χ3v) is 4.48. The Morgan fingerprint density at radius 3 is 2.48 bits per heavy atom. The standard InChI is InChI=1S/C17H26O6/c1-3-21-15(18)14-10-13(12-8-6-5-7-9-12)11-17(20,23-14)16(19)22-4-2/h10,12-13,20H,3-9,11H2,1-2H3. The summed E-state index contributed by atoms with van der Waals surface area (Å²) >= 11 is 0. The van der Waals surface area contributed by atoms with Crippen LogP contribution in [0.15, 0.2) is 11.8 Å². The Morgan fingerprint density at radius 2 is 1.87 bits per heavy atom. The Morgan fingerprint density at radius 1 is 1.22 bits per heavy atom. The van der Waals surface area contributed by atoms with Crippen molar-refractivity contribution in [3.8, 4) is 0 Å². The molecule has 0 bridgehead atoms. The maximum Gasteiger partial charge on any atom is 0.379 e. The Labute approximate surface area is 136 Å². The largest absolute Gasteiger partial charge is 0.461 e. The number of allylic oxidation sites excluding steroid dienone is 1. The highest BCUT2D eigenvalue weighted by Crippen LogP contribution is 2.40. The van der Waals surface area contributed by atoms with Crippen LogP contribution in [0, 0.1) is 11.8 Å². The number of rotatable bonds is 5. The molecule has 23 heavy (non-hydrogen) atoms. The van der Waals surface area contributed by atoms with Crippen molar-refractivity contribution >= 4 is 11.9 Å². The molecule has 2 atom stereocenters. The molecular formula is C17H26O6. The second-order valence-corrected chi connectivity index (χ2v) is 6.12. The van der Waals surface area contributed by atoms with Crippen molar-refractivity contribution in [1.29, 1.82) is 0 Å². The third-order valence-electron chi connectivity index (χ3n) is 4.48. The molecule has 2 rings (SSSR count). The Kier molecular flexibility index (Phi) is 6.04. The predicted octanol–water partition coefficient (Wildman–Crippen LogP) is 2.30. The van der Waals surface area contributed by atoms with Gasteiger partial charge in [0.1, 0.15) is 0 Å². The lowest BCUT2D eigenvalue weighted by Crippen LogP contribution is -2.48. The average Bonchev–Trinajstić information content (AvgIpc) is 2.55. The first-order chi connectivity index (χ1) is 11.0. The highest BCUT2D eigenvalue weighted by molar-refractivity contribution is 5.88. The fourth-order valence-corrected chi connectivity index (χ4v) is 3.38. The molecule has 1 fully saturated rings. The first kappa shape index (κ1) is 17.8. The predicted molar refractivity (Wildman–Crippen MR) is 82.1 cm³/mol. The molecular weight excluding hydrogens is 300 g/mol. The molecule has 130 valence electrons. The van der Waals surface area contributed by atoms with E-state index in [4.69, 9.17) is 14.2 Å². The summed E-state index contributed by atoms with van der Waals surface area (Å²) in [6.45, 7) is 3.69. The molecule has 0 radical (unpaired) electrons. The number of esters is 2. The molecule has 1 N–H and O–H groups in total. The first-order valence-corrected chi connectivity index (χ1v) is 8.47. The number of hydrogen-bond acceptors (Lipinski definition) is 6. The number of hydrogen-bond donors (Lipinski definition) is 1. The lowest BCUT2D eigenvalue weighted by Gasteiger charge is -2.38. The summed E-state index contributed by atoms with van der Waals surface area (Å²) in [6, 6.07) is 0. The van der Waals surface area contributed by atoms with Gasteiger partial charge in [0.15, 0.2) is 0 Å². The molecule has 0 amide bonds. The van der Waals surface area contributed by atoms with Gasteiger partial charge in [-0.1, -0.05) is 19.3 Å². The summed E-state index contributed by atoms with van der Waals surface area (Å²) in [7, 11) is 0. The molecule has 0 spiro atoms. The zero-order valence-electron chi connectivity index (χ0n) is 13.9. The lowest BCUT2D eigenvalue weighted by molar-refractivity contribution is -0.228. The summed E-state index contributed by atoms with van der Waals surface area (Å²) in [5.41, 5.74) is 0. The van der Waals surface area contributed by atoms with Gasteiger partial charge in [-0.05, 0) is 44.6 Å². The van der Waals surface area contributed by atoms with Gasteiger partial charge in [0.05, 0.1) is 13.2 Å². The van der Waals surface area contributed by atoms with E-state index in [1.807, 2.05) is 0 Å². The fourth-order valence-electron chi connectivity index (χ4n) is 3.38. The summed E-state index contributed by atoms with van der Waals surface area (Å²) in [5, 5.41) is 10.6. The molecule has 0 aromatic carbocycles. The quantitative estimate of drug-likeness (QED) is 0.781. The maximum atomic E-state index is 12.1. The lowest BCUT2D eigenvalue weighted by atomic mass is 9.76. The van der Waals surface area contributed by atoms with Gasteiger partial charge in [-0.3, -0.25) is 0 Å². The van der Waals surface area contributed by atoms with E-state index in [-0.39, 0.29) is 31.3 Å². The van der Waals surface area contributed by atoms with Gasteiger partial charge in [-0.2, -0.15) is 0 Å². The SMILES string of the molecule is CCOC(=O)C1=CC(C2CCCCC2)CC(O)(C(=O)OCC)O1. The van der Waals surface area contributed by atoms with Crippen LogP contribution in [-0.4, -0.2) is 36.0 Å². The van der Waals surface area contributed by atoms with E-state index >= 15 is 0 Å². The van der Waals surface area contributed by atoms with Crippen LogP contribution in [0.25, 0.3) is 0 Å². The molecule has 2 unspecified atom stereocenters. The number of carbonyl (C=O) groups excluding carboxylic acids is 2. The van der Waals surface area contributed by atoms with Crippen molar-refractivity contribution in [3.63, 3.8) is 0 Å². The van der Waals surface area contributed by atoms with Crippen LogP contribution < -0.4 is 0 Å². The second-order valence-electron chi connectivity index (χ2n) is 6.12. The monoisotopic (exact) mass is 326 g/mol. The number of aliphatic hydroxyl groups is 1. The van der Waals surface area contributed by atoms with Crippen molar-refractivity contribution in [3.05, 3.63) is 11.8 Å². The number of carbonyl (C=O) groups is 2. The van der Waals surface area contributed by atoms with E-state index in [0.717, 1.165) is 25.7 Å². The highest BCUT2D eigenvalue weighted by Gasteiger charge is 2.48. The first-order valence-electron chi connectivity index (χ1n) is 8.47. The smallest absolute Gasteiger partial charge is 0.379 e. The molecule has 0 aromatic heterocycles. The van der Waals surface area contributed by atoms with Crippen LogP contribution in [0.3, 0.4) is 0 Å². The molecule has 1 aliphatic heterocycles. The summed E-state index contributed by atoms with van der Waals surface area (Å²) in [6.07, 6.45) is 7.33. The zero-order valence-corrected chi connectivity index (χ0v) is 13.9. The minimum absolute atomic E-state index is 0.0933. The zero-order chi connectivity index (χ0) is 16.9. The van der Waals surface area contributed by atoms with Gasteiger partial charge in [-0.25, -0.2) is 9.59 Å². The van der Waals surface area contributed by atoms with Crippen molar-refractivity contribution < 1.29 is 28.9 Å². The molecule has 1 saturated carbocycles. The topological polar surface area (TPSA) is 82.1 Å². The van der Waals surface area contributed by atoms with Crippen molar-refractivity contribution in [2.24, 2.45) is 11.8 Å². The minimum Gasteiger partial charge on any atom is -0.461 e. The van der Waals surface area contributed by atoms with Crippen LogP contribution >= 0.6 is 0 Å². The van der Waals surface area contributed by atoms with Gasteiger partial charge in [0, 0.05) is 6.42 Å². The van der Waals surface area contributed by atoms with Gasteiger partial charge in [-0.15, -0.1) is 0 Å². The van der Waals surface area contributed by atoms with Crippen LogP contribution in [0.1, 0.15) is 52.4 Å². The van der Waals surface area contributed by atoms with Gasteiger partial charge in [0.2, 0.25) is 5.76 Å². The molecule has 0 saturated heterocycles. The van der Waals surface area contributed by atoms with E-state index in [9.17, 15) is 14.7 Å².